The number of rotatable bonds is 11. The molecule has 0 aliphatic rings. The number of allylic oxidation sites excluding steroid dienone is 2. The summed E-state index contributed by atoms with van der Waals surface area (Å²) < 4.78 is 0. The number of nitrogens with zero attached hydrogens (tertiary/aromatic N) is 3. The Labute approximate surface area is 353 Å². The largest absolute Gasteiger partial charge is 0.208 e. The monoisotopic (exact) mass is 769 g/mol. The van der Waals surface area contributed by atoms with E-state index in [9.17, 15) is 0 Å². The van der Waals surface area contributed by atoms with Crippen LogP contribution in [0.5, 0.6) is 0 Å². The highest BCUT2D eigenvalue weighted by atomic mass is 15.0. The molecule has 9 aromatic rings. The maximum atomic E-state index is 5.01. The van der Waals surface area contributed by atoms with E-state index in [-0.39, 0.29) is 0 Å². The first kappa shape index (κ1) is 37.9. The molecule has 0 aliphatic heterocycles. The summed E-state index contributed by atoms with van der Waals surface area (Å²) >= 11 is 0. The second-order valence-corrected chi connectivity index (χ2v) is 14.8. The molecule has 0 amide bonds. The van der Waals surface area contributed by atoms with Crippen LogP contribution >= 0.6 is 0 Å². The molecule has 0 aliphatic carbocycles. The standard InChI is InChI=1S/C57H43N3/c1-3-20-40(4-2)52-38-49(41-21-9-5-10-22-41)39-53(42-23-11-6-12-24-42)54(52)44-35-33-43(34-36-44)50-31-17-18-32-51(50)47-29-19-30-48(37-47)57-59-55(45-25-13-7-14-26-45)58-56(60-57)46-27-15-8-16-28-46/h6-9,11-39H,3-4H2,1-2H3/b40-20+. The van der Waals surface area contributed by atoms with E-state index in [1.165, 1.54) is 39.0 Å². The van der Waals surface area contributed by atoms with Crippen LogP contribution in [0.3, 0.4) is 0 Å². The molecule has 0 bridgehead atoms. The van der Waals surface area contributed by atoms with Crippen LogP contribution in [0.2, 0.25) is 0 Å². The fraction of sp³-hybridized carbons (Fsp3) is 0.0702. The highest BCUT2D eigenvalue weighted by Crippen LogP contribution is 2.43. The van der Waals surface area contributed by atoms with Gasteiger partial charge >= 0.3 is 0 Å². The third kappa shape index (κ3) is 7.92. The molecule has 60 heavy (non-hydrogen) atoms. The van der Waals surface area contributed by atoms with Crippen molar-refractivity contribution in [2.45, 2.75) is 26.7 Å². The first-order valence-electron chi connectivity index (χ1n) is 20.7. The molecule has 0 fully saturated rings. The summed E-state index contributed by atoms with van der Waals surface area (Å²) in [5.74, 6) is 1.92. The van der Waals surface area contributed by atoms with Crippen LogP contribution in [0.4, 0.5) is 0 Å². The summed E-state index contributed by atoms with van der Waals surface area (Å²) in [6, 6.07) is 74.3. The molecule has 0 N–H and O–H groups in total. The Morgan fingerprint density at radius 1 is 0.417 bits per heavy atom. The molecule has 0 saturated heterocycles. The number of hydrogen-bond donors (Lipinski definition) is 0. The van der Waals surface area contributed by atoms with Gasteiger partial charge in [0.1, 0.15) is 0 Å². The topological polar surface area (TPSA) is 38.7 Å². The van der Waals surface area contributed by atoms with Gasteiger partial charge in [-0.2, -0.15) is 0 Å². The Hall–Kier alpha value is -7.67. The predicted octanol–water partition coefficient (Wildman–Crippen LogP) is 15.0. The molecule has 286 valence electrons. The quantitative estimate of drug-likeness (QED) is 0.131. The minimum absolute atomic E-state index is 0.634. The maximum Gasteiger partial charge on any atom is 0.164 e. The summed E-state index contributed by atoms with van der Waals surface area (Å²) in [6.45, 7) is 4.47. The molecule has 0 atom stereocenters. The molecule has 0 spiro atoms. The van der Waals surface area contributed by atoms with Gasteiger partial charge in [-0.1, -0.05) is 190 Å². The Bertz CT molecular complexity index is 2840. The predicted molar refractivity (Wildman–Crippen MR) is 250 cm³/mol. The molecule has 0 radical (unpaired) electrons. The lowest BCUT2D eigenvalue weighted by molar-refractivity contribution is 1.07. The summed E-state index contributed by atoms with van der Waals surface area (Å²) in [6.07, 6.45) is 4.28. The van der Waals surface area contributed by atoms with Crippen molar-refractivity contribution >= 4 is 5.57 Å². The van der Waals surface area contributed by atoms with Crippen LogP contribution < -0.4 is 0 Å². The van der Waals surface area contributed by atoms with Crippen molar-refractivity contribution in [3.05, 3.63) is 218 Å². The van der Waals surface area contributed by atoms with Crippen molar-refractivity contribution in [3.63, 3.8) is 0 Å². The van der Waals surface area contributed by atoms with Gasteiger partial charge in [0.25, 0.3) is 0 Å². The second-order valence-electron chi connectivity index (χ2n) is 14.8. The SMILES string of the molecule is CC/C=C(\CC)c1cc(-c2cc#ccc2)cc(-c2ccccc2)c1-c1ccc(-c2ccccc2-c2cccc(-c3nc(-c4ccccc4)nc(-c4ccccc4)n3)c2)cc1. The molecule has 3 nitrogen and oxygen atoms in total. The fourth-order valence-corrected chi connectivity index (χ4v) is 8.00. The van der Waals surface area contributed by atoms with Crippen LogP contribution in [0, 0.1) is 12.1 Å². The second kappa shape index (κ2) is 17.4. The lowest BCUT2D eigenvalue weighted by Crippen LogP contribution is -2.00. The van der Waals surface area contributed by atoms with Crippen molar-refractivity contribution in [1.82, 2.24) is 15.0 Å². The van der Waals surface area contributed by atoms with Gasteiger partial charge in [0, 0.05) is 16.7 Å². The van der Waals surface area contributed by atoms with E-state index in [0.29, 0.717) is 17.5 Å². The lowest BCUT2D eigenvalue weighted by atomic mass is 9.83. The Kier molecular flexibility index (Phi) is 11.0. The summed E-state index contributed by atoms with van der Waals surface area (Å²) in [5.41, 5.74) is 17.1. The summed E-state index contributed by atoms with van der Waals surface area (Å²) in [4.78, 5) is 14.9. The lowest BCUT2D eigenvalue weighted by Gasteiger charge is -2.20. The summed E-state index contributed by atoms with van der Waals surface area (Å²) in [5, 5.41) is 0. The van der Waals surface area contributed by atoms with Gasteiger partial charge in [-0.3, -0.25) is 0 Å². The van der Waals surface area contributed by atoms with E-state index in [1.807, 2.05) is 72.8 Å². The van der Waals surface area contributed by atoms with Gasteiger partial charge in [0.15, 0.2) is 17.5 Å². The molecular formula is C57H43N3. The van der Waals surface area contributed by atoms with Crippen LogP contribution in [0.1, 0.15) is 32.3 Å². The van der Waals surface area contributed by atoms with Crippen molar-refractivity contribution in [2.24, 2.45) is 0 Å². The van der Waals surface area contributed by atoms with Gasteiger partial charge in [-0.05, 0) is 116 Å². The number of aromatic nitrogens is 3. The number of benzene rings is 7. The minimum atomic E-state index is 0.634. The molecule has 3 heteroatoms. The maximum absolute atomic E-state index is 5.01. The first-order chi connectivity index (χ1) is 29.7. The number of hydrogen-bond acceptors (Lipinski definition) is 3. The molecule has 8 aromatic carbocycles. The first-order valence-corrected chi connectivity index (χ1v) is 20.7. The highest BCUT2D eigenvalue weighted by molar-refractivity contribution is 5.96. The van der Waals surface area contributed by atoms with Crippen molar-refractivity contribution in [1.29, 1.82) is 0 Å². The minimum Gasteiger partial charge on any atom is -0.208 e. The van der Waals surface area contributed by atoms with Crippen LogP contribution in [-0.4, -0.2) is 15.0 Å². The zero-order valence-electron chi connectivity index (χ0n) is 33.8. The Morgan fingerprint density at radius 2 is 0.933 bits per heavy atom. The van der Waals surface area contributed by atoms with E-state index in [2.05, 4.69) is 153 Å². The van der Waals surface area contributed by atoms with E-state index in [0.717, 1.165) is 57.3 Å². The molecular weight excluding hydrogens is 727 g/mol. The van der Waals surface area contributed by atoms with Gasteiger partial charge in [-0.25, -0.2) is 15.0 Å². The van der Waals surface area contributed by atoms with Crippen molar-refractivity contribution in [3.8, 4) is 89.8 Å². The third-order valence-corrected chi connectivity index (χ3v) is 10.9. The van der Waals surface area contributed by atoms with E-state index in [4.69, 9.17) is 15.0 Å². The molecule has 0 unspecified atom stereocenters. The Balaban J connectivity index is 1.14. The van der Waals surface area contributed by atoms with E-state index < -0.39 is 0 Å². The fourth-order valence-electron chi connectivity index (χ4n) is 8.00. The molecule has 1 aromatic heterocycles. The van der Waals surface area contributed by atoms with Crippen LogP contribution in [0.15, 0.2) is 200 Å². The Morgan fingerprint density at radius 3 is 1.52 bits per heavy atom. The van der Waals surface area contributed by atoms with Crippen molar-refractivity contribution in [2.75, 3.05) is 0 Å². The van der Waals surface area contributed by atoms with Gasteiger partial charge in [-0.15, -0.1) is 0 Å². The van der Waals surface area contributed by atoms with E-state index >= 15 is 0 Å². The molecule has 0 saturated carbocycles. The van der Waals surface area contributed by atoms with E-state index in [1.54, 1.807) is 0 Å². The van der Waals surface area contributed by atoms with Crippen LogP contribution in [0.25, 0.3) is 95.4 Å². The van der Waals surface area contributed by atoms with Gasteiger partial charge in [0.2, 0.25) is 0 Å². The zero-order valence-corrected chi connectivity index (χ0v) is 33.8. The summed E-state index contributed by atoms with van der Waals surface area (Å²) in [7, 11) is 0. The molecule has 1 heterocycles. The molecule has 9 rings (SSSR count). The zero-order chi connectivity index (χ0) is 40.7. The van der Waals surface area contributed by atoms with Crippen LogP contribution in [-0.2, 0) is 0 Å². The highest BCUT2D eigenvalue weighted by Gasteiger charge is 2.19. The van der Waals surface area contributed by atoms with Crippen molar-refractivity contribution < 1.29 is 0 Å². The third-order valence-electron chi connectivity index (χ3n) is 10.9. The van der Waals surface area contributed by atoms with Gasteiger partial charge < -0.3 is 0 Å². The average Bonchev–Trinajstić information content (AvgIpc) is 3.34. The normalized spacial score (nSPS) is 11.3. The smallest absolute Gasteiger partial charge is 0.164 e. The van der Waals surface area contributed by atoms with Gasteiger partial charge in [0.05, 0.1) is 0 Å². The average molecular weight is 770 g/mol.